The Morgan fingerprint density at radius 2 is 1.63 bits per heavy atom. The minimum Gasteiger partial charge on any atom is -0.378 e. The second-order valence-corrected chi connectivity index (χ2v) is 7.13. The molecule has 1 aliphatic rings. The van der Waals surface area contributed by atoms with E-state index in [-0.39, 0.29) is 0 Å². The van der Waals surface area contributed by atoms with Crippen molar-refractivity contribution in [1.29, 1.82) is 0 Å². The monoisotopic (exact) mass is 375 g/mol. The van der Waals surface area contributed by atoms with Crippen molar-refractivity contribution in [3.8, 4) is 11.1 Å². The fourth-order valence-corrected chi connectivity index (χ4v) is 3.68. The Morgan fingerprint density at radius 1 is 0.852 bits per heavy atom. The van der Waals surface area contributed by atoms with Crippen LogP contribution in [0.2, 0.25) is 5.02 Å². The molecule has 0 spiro atoms. The summed E-state index contributed by atoms with van der Waals surface area (Å²) in [6.07, 6.45) is 0. The lowest BCUT2D eigenvalue weighted by Crippen LogP contribution is -2.37. The van der Waals surface area contributed by atoms with E-state index in [1.165, 1.54) is 0 Å². The molecule has 0 amide bonds. The number of pyridine rings is 2. The molecule has 2 aromatic heterocycles. The van der Waals surface area contributed by atoms with Crippen molar-refractivity contribution in [2.75, 3.05) is 31.2 Å². The van der Waals surface area contributed by atoms with Crippen LogP contribution in [0.1, 0.15) is 0 Å². The van der Waals surface area contributed by atoms with Gasteiger partial charge in [0.1, 0.15) is 5.82 Å². The summed E-state index contributed by atoms with van der Waals surface area (Å²) in [5.74, 6) is 0.955. The summed E-state index contributed by atoms with van der Waals surface area (Å²) in [6, 6.07) is 20.4. The van der Waals surface area contributed by atoms with Gasteiger partial charge in [-0.15, -0.1) is 0 Å². The van der Waals surface area contributed by atoms with Crippen LogP contribution in [0, 0.1) is 0 Å². The van der Waals surface area contributed by atoms with Gasteiger partial charge in [0.15, 0.2) is 5.65 Å². The fourth-order valence-electron chi connectivity index (χ4n) is 3.56. The van der Waals surface area contributed by atoms with Gasteiger partial charge in [0.2, 0.25) is 0 Å². The molecular weight excluding hydrogens is 358 g/mol. The molecule has 0 saturated carbocycles. The Bertz CT molecular complexity index is 1120. The van der Waals surface area contributed by atoms with Gasteiger partial charge in [-0.3, -0.25) is 0 Å². The zero-order chi connectivity index (χ0) is 18.2. The first kappa shape index (κ1) is 16.5. The molecule has 0 bridgehead atoms. The number of hydrogen-bond donors (Lipinski definition) is 0. The zero-order valence-electron chi connectivity index (χ0n) is 14.7. The van der Waals surface area contributed by atoms with Gasteiger partial charge in [0, 0.05) is 34.4 Å². The summed E-state index contributed by atoms with van der Waals surface area (Å²) < 4.78 is 5.53. The number of hydrogen-bond acceptors (Lipinski definition) is 4. The summed E-state index contributed by atoms with van der Waals surface area (Å²) >= 11 is 6.10. The number of benzene rings is 2. The van der Waals surface area contributed by atoms with Gasteiger partial charge < -0.3 is 9.64 Å². The van der Waals surface area contributed by atoms with Crippen LogP contribution in [0.3, 0.4) is 0 Å². The summed E-state index contributed by atoms with van der Waals surface area (Å²) in [7, 11) is 0. The standard InChI is InChI=1S/C22H18ClN3O/c23-18-7-5-15(6-8-18)19-14-17-13-16-3-1-2-4-20(16)24-21(17)25-22(19)26-9-11-27-12-10-26/h1-8,13-14H,9-12H2. The number of rotatable bonds is 2. The average molecular weight is 376 g/mol. The Hall–Kier alpha value is -2.69. The second-order valence-electron chi connectivity index (χ2n) is 6.69. The van der Waals surface area contributed by atoms with Crippen molar-refractivity contribution in [3.63, 3.8) is 0 Å². The lowest BCUT2D eigenvalue weighted by atomic mass is 10.0. The van der Waals surface area contributed by atoms with E-state index in [4.69, 9.17) is 26.3 Å². The summed E-state index contributed by atoms with van der Waals surface area (Å²) in [6.45, 7) is 3.08. The van der Waals surface area contributed by atoms with E-state index in [2.05, 4.69) is 23.1 Å². The minimum absolute atomic E-state index is 0.713. The highest BCUT2D eigenvalue weighted by Gasteiger charge is 2.19. The van der Waals surface area contributed by atoms with E-state index in [9.17, 15) is 0 Å². The number of fused-ring (bicyclic) bond motifs is 2. The molecule has 1 saturated heterocycles. The topological polar surface area (TPSA) is 38.2 Å². The van der Waals surface area contributed by atoms with E-state index in [0.717, 1.165) is 57.0 Å². The van der Waals surface area contributed by atoms with Gasteiger partial charge in [-0.2, -0.15) is 0 Å². The van der Waals surface area contributed by atoms with E-state index < -0.39 is 0 Å². The van der Waals surface area contributed by atoms with Gasteiger partial charge in [0.05, 0.1) is 18.7 Å². The van der Waals surface area contributed by atoms with E-state index in [1.54, 1.807) is 0 Å². The van der Waals surface area contributed by atoms with Crippen molar-refractivity contribution in [2.24, 2.45) is 0 Å². The average Bonchev–Trinajstić information content (AvgIpc) is 2.72. The lowest BCUT2D eigenvalue weighted by Gasteiger charge is -2.29. The molecule has 3 heterocycles. The molecule has 27 heavy (non-hydrogen) atoms. The maximum Gasteiger partial charge on any atom is 0.162 e. The summed E-state index contributed by atoms with van der Waals surface area (Å²) in [5.41, 5.74) is 3.93. The highest BCUT2D eigenvalue weighted by atomic mass is 35.5. The van der Waals surface area contributed by atoms with Crippen molar-refractivity contribution < 1.29 is 4.74 Å². The fraction of sp³-hybridized carbons (Fsp3) is 0.182. The number of para-hydroxylation sites is 1. The van der Waals surface area contributed by atoms with Gasteiger partial charge in [-0.25, -0.2) is 9.97 Å². The first-order valence-electron chi connectivity index (χ1n) is 9.07. The minimum atomic E-state index is 0.713. The Morgan fingerprint density at radius 3 is 2.44 bits per heavy atom. The molecule has 4 aromatic rings. The molecule has 0 aliphatic carbocycles. The van der Waals surface area contributed by atoms with Gasteiger partial charge >= 0.3 is 0 Å². The van der Waals surface area contributed by atoms with E-state index in [1.807, 2.05) is 42.5 Å². The van der Waals surface area contributed by atoms with Crippen LogP contribution < -0.4 is 4.90 Å². The smallest absolute Gasteiger partial charge is 0.162 e. The van der Waals surface area contributed by atoms with Crippen molar-refractivity contribution in [2.45, 2.75) is 0 Å². The van der Waals surface area contributed by atoms with Crippen LogP contribution >= 0.6 is 11.6 Å². The third-order valence-electron chi connectivity index (χ3n) is 4.95. The zero-order valence-corrected chi connectivity index (χ0v) is 15.5. The number of anilines is 1. The molecule has 0 radical (unpaired) electrons. The highest BCUT2D eigenvalue weighted by molar-refractivity contribution is 6.30. The first-order chi connectivity index (χ1) is 13.3. The predicted octanol–water partition coefficient (Wildman–Crippen LogP) is 4.94. The SMILES string of the molecule is Clc1ccc(-c2cc3cc4ccccc4nc3nc2N2CCOCC2)cc1. The Labute approximate surface area is 162 Å². The van der Waals surface area contributed by atoms with Crippen LogP contribution in [0.15, 0.2) is 60.7 Å². The molecule has 1 aliphatic heterocycles. The molecular formula is C22H18ClN3O. The molecule has 1 fully saturated rings. The predicted molar refractivity (Wildman–Crippen MR) is 111 cm³/mol. The third-order valence-corrected chi connectivity index (χ3v) is 5.20. The van der Waals surface area contributed by atoms with Crippen LogP contribution in [0.5, 0.6) is 0 Å². The first-order valence-corrected chi connectivity index (χ1v) is 9.45. The Balaban J connectivity index is 1.75. The molecule has 2 aromatic carbocycles. The van der Waals surface area contributed by atoms with Crippen molar-refractivity contribution in [3.05, 3.63) is 65.7 Å². The third kappa shape index (κ3) is 3.11. The molecule has 0 atom stereocenters. The van der Waals surface area contributed by atoms with Crippen molar-refractivity contribution in [1.82, 2.24) is 9.97 Å². The normalized spacial score (nSPS) is 14.8. The van der Waals surface area contributed by atoms with Gasteiger partial charge in [-0.05, 0) is 35.9 Å². The number of morpholine rings is 1. The molecule has 134 valence electrons. The maximum atomic E-state index is 6.10. The number of aromatic nitrogens is 2. The van der Waals surface area contributed by atoms with E-state index in [0.29, 0.717) is 13.2 Å². The number of nitrogens with zero attached hydrogens (tertiary/aromatic N) is 3. The van der Waals surface area contributed by atoms with Crippen LogP contribution in [-0.4, -0.2) is 36.3 Å². The van der Waals surface area contributed by atoms with Crippen LogP contribution in [0.4, 0.5) is 5.82 Å². The summed E-state index contributed by atoms with van der Waals surface area (Å²) in [4.78, 5) is 12.0. The van der Waals surface area contributed by atoms with Crippen molar-refractivity contribution >= 4 is 39.4 Å². The lowest BCUT2D eigenvalue weighted by molar-refractivity contribution is 0.122. The van der Waals surface area contributed by atoms with Gasteiger partial charge in [0.25, 0.3) is 0 Å². The van der Waals surface area contributed by atoms with Gasteiger partial charge in [-0.1, -0.05) is 41.9 Å². The van der Waals surface area contributed by atoms with Crippen LogP contribution in [0.25, 0.3) is 33.1 Å². The molecule has 0 N–H and O–H groups in total. The maximum absolute atomic E-state index is 6.10. The second kappa shape index (κ2) is 6.80. The molecule has 5 heteroatoms. The number of ether oxygens (including phenoxy) is 1. The Kier molecular flexibility index (Phi) is 4.15. The van der Waals surface area contributed by atoms with Crippen LogP contribution in [-0.2, 0) is 4.74 Å². The summed E-state index contributed by atoms with van der Waals surface area (Å²) in [5, 5.41) is 2.89. The van der Waals surface area contributed by atoms with E-state index >= 15 is 0 Å². The quantitative estimate of drug-likeness (QED) is 0.465. The molecule has 5 rings (SSSR count). The molecule has 4 nitrogen and oxygen atoms in total. The molecule has 0 unspecified atom stereocenters. The number of halogens is 1. The highest BCUT2D eigenvalue weighted by Crippen LogP contribution is 2.34. The largest absolute Gasteiger partial charge is 0.378 e.